The largest absolute Gasteiger partial charge is 0.390 e. The monoisotopic (exact) mass is 484 g/mol. The van der Waals surface area contributed by atoms with Crippen molar-refractivity contribution in [1.82, 2.24) is 24.7 Å². The summed E-state index contributed by atoms with van der Waals surface area (Å²) in [4.78, 5) is 17.5. The van der Waals surface area contributed by atoms with Crippen LogP contribution in [0.2, 0.25) is 0 Å². The van der Waals surface area contributed by atoms with Gasteiger partial charge in [-0.05, 0) is 39.2 Å². The summed E-state index contributed by atoms with van der Waals surface area (Å²) in [5, 5.41) is 29.0. The second-order valence-electron chi connectivity index (χ2n) is 9.95. The Hall–Kier alpha value is -3.05. The zero-order valence-electron chi connectivity index (χ0n) is 20.4. The average molecular weight is 485 g/mol. The normalized spacial score (nSPS) is 23.1. The second-order valence-corrected chi connectivity index (χ2v) is 9.95. The smallest absolute Gasteiger partial charge is 0.227 e. The number of pyridine rings is 1. The van der Waals surface area contributed by atoms with Gasteiger partial charge in [0.25, 0.3) is 0 Å². The van der Waals surface area contributed by atoms with Gasteiger partial charge in [0.2, 0.25) is 5.95 Å². The lowest BCUT2D eigenvalue weighted by atomic mass is 9.94. The van der Waals surface area contributed by atoms with E-state index in [1.165, 1.54) is 0 Å². The van der Waals surface area contributed by atoms with E-state index in [0.29, 0.717) is 49.3 Å². The molecule has 0 saturated carbocycles. The van der Waals surface area contributed by atoms with Gasteiger partial charge in [0.05, 0.1) is 23.0 Å². The molecule has 0 radical (unpaired) electrons. The van der Waals surface area contributed by atoms with Gasteiger partial charge in [-0.15, -0.1) is 0 Å². The lowest BCUT2D eigenvalue weighted by Crippen LogP contribution is -2.43. The number of hydrogen-bond donors (Lipinski definition) is 3. The highest BCUT2D eigenvalue weighted by Crippen LogP contribution is 2.33. The Bertz CT molecular complexity index is 1180. The summed E-state index contributed by atoms with van der Waals surface area (Å²) in [6.45, 7) is 7.77. The van der Waals surface area contributed by atoms with Gasteiger partial charge in [-0.1, -0.05) is 6.92 Å². The van der Waals surface area contributed by atoms with Gasteiger partial charge >= 0.3 is 0 Å². The number of hydrogen-bond acceptors (Lipinski definition) is 9. The van der Waals surface area contributed by atoms with Crippen LogP contribution in [0.4, 0.5) is 27.8 Å². The van der Waals surface area contributed by atoms with Gasteiger partial charge in [0, 0.05) is 44.1 Å². The van der Waals surface area contributed by atoms with E-state index in [9.17, 15) is 14.6 Å². The van der Waals surface area contributed by atoms with E-state index in [0.717, 1.165) is 17.3 Å². The van der Waals surface area contributed by atoms with Crippen molar-refractivity contribution in [2.75, 3.05) is 41.3 Å². The number of aliphatic hydroxyl groups excluding tert-OH is 1. The molecule has 3 aromatic heterocycles. The summed E-state index contributed by atoms with van der Waals surface area (Å²) in [7, 11) is 0. The standard InChI is InChI=1S/C24H33FN8O2/c1-4-15(2)33-18-11-21(27-12-16(18)22(30-33)32-13-17(25)19(34)14-32)28-20-5-8-26-23(29-20)31-9-6-24(3,35)7-10-31/h5,8,11-12,15,17,19,34-35H,4,6-7,9-10,13-14H2,1-3H3,(H,26,27,28,29)/t15?,17-,19-/m1/s1. The third-order valence-electron chi connectivity index (χ3n) is 7.12. The number of rotatable bonds is 6. The Kier molecular flexibility index (Phi) is 6.22. The first-order valence-corrected chi connectivity index (χ1v) is 12.3. The van der Waals surface area contributed by atoms with E-state index in [1.54, 1.807) is 23.4 Å². The molecule has 5 rings (SSSR count). The van der Waals surface area contributed by atoms with Crippen LogP contribution in [0.5, 0.6) is 0 Å². The van der Waals surface area contributed by atoms with Crippen molar-refractivity contribution in [2.24, 2.45) is 0 Å². The molecule has 3 aromatic rings. The summed E-state index contributed by atoms with van der Waals surface area (Å²) in [5.74, 6) is 2.50. The molecular weight excluding hydrogens is 451 g/mol. The van der Waals surface area contributed by atoms with Crippen molar-refractivity contribution in [3.05, 3.63) is 24.5 Å². The molecule has 0 bridgehead atoms. The Morgan fingerprint density at radius 1 is 1.20 bits per heavy atom. The molecule has 11 heteroatoms. The highest BCUT2D eigenvalue weighted by molar-refractivity contribution is 5.92. The van der Waals surface area contributed by atoms with Crippen LogP contribution >= 0.6 is 0 Å². The van der Waals surface area contributed by atoms with Crippen molar-refractivity contribution >= 4 is 34.3 Å². The molecule has 35 heavy (non-hydrogen) atoms. The van der Waals surface area contributed by atoms with Crippen molar-refractivity contribution in [3.63, 3.8) is 0 Å². The molecule has 0 amide bonds. The first kappa shape index (κ1) is 23.7. The van der Waals surface area contributed by atoms with Crippen molar-refractivity contribution in [3.8, 4) is 0 Å². The van der Waals surface area contributed by atoms with Crippen LogP contribution in [0.25, 0.3) is 10.9 Å². The van der Waals surface area contributed by atoms with E-state index < -0.39 is 17.9 Å². The molecule has 0 aromatic carbocycles. The fourth-order valence-electron chi connectivity index (χ4n) is 4.64. The Labute approximate surface area is 203 Å². The quantitative estimate of drug-likeness (QED) is 0.486. The lowest BCUT2D eigenvalue weighted by molar-refractivity contribution is 0.0349. The minimum atomic E-state index is -1.29. The molecule has 188 valence electrons. The number of β-amino-alcohol motifs (C(OH)–C–C–N with tert-alkyl or cyclic N) is 1. The van der Waals surface area contributed by atoms with Crippen LogP contribution < -0.4 is 15.1 Å². The number of aromatic nitrogens is 5. The molecule has 2 saturated heterocycles. The molecule has 2 aliphatic rings. The van der Waals surface area contributed by atoms with Crippen LogP contribution in [0.3, 0.4) is 0 Å². The maximum atomic E-state index is 14.0. The number of anilines is 4. The molecule has 0 spiro atoms. The number of aliphatic hydroxyl groups is 2. The SMILES string of the molecule is CCC(C)n1nc(N2C[C@@H](O)[C@H](F)C2)c2cnc(Nc3ccnc(N4CCC(C)(O)CC4)n3)cc21. The van der Waals surface area contributed by atoms with Crippen LogP contribution in [0, 0.1) is 0 Å². The predicted molar refractivity (Wildman–Crippen MR) is 133 cm³/mol. The molecule has 5 heterocycles. The van der Waals surface area contributed by atoms with Crippen molar-refractivity contribution < 1.29 is 14.6 Å². The molecular formula is C24H33FN8O2. The van der Waals surface area contributed by atoms with E-state index in [-0.39, 0.29) is 19.1 Å². The van der Waals surface area contributed by atoms with Gasteiger partial charge in [-0.2, -0.15) is 10.1 Å². The topological polar surface area (TPSA) is 115 Å². The van der Waals surface area contributed by atoms with Crippen molar-refractivity contribution in [1.29, 1.82) is 0 Å². The summed E-state index contributed by atoms with van der Waals surface area (Å²) in [6, 6.07) is 3.86. The fraction of sp³-hybridized carbons (Fsp3) is 0.583. The molecule has 3 atom stereocenters. The fourth-order valence-corrected chi connectivity index (χ4v) is 4.64. The van der Waals surface area contributed by atoms with Gasteiger partial charge in [0.15, 0.2) is 5.82 Å². The highest BCUT2D eigenvalue weighted by atomic mass is 19.1. The zero-order valence-corrected chi connectivity index (χ0v) is 20.4. The molecule has 2 aliphatic heterocycles. The Morgan fingerprint density at radius 3 is 2.66 bits per heavy atom. The summed E-state index contributed by atoms with van der Waals surface area (Å²) in [5.41, 5.74) is 0.248. The van der Waals surface area contributed by atoms with E-state index in [2.05, 4.69) is 39.0 Å². The predicted octanol–water partition coefficient (Wildman–Crippen LogP) is 2.81. The number of halogens is 1. The third kappa shape index (κ3) is 4.74. The summed E-state index contributed by atoms with van der Waals surface area (Å²) in [6.07, 6.45) is 3.39. The summed E-state index contributed by atoms with van der Waals surface area (Å²) >= 11 is 0. The van der Waals surface area contributed by atoms with Crippen LogP contribution in [-0.2, 0) is 0 Å². The Morgan fingerprint density at radius 2 is 1.97 bits per heavy atom. The Balaban J connectivity index is 1.42. The van der Waals surface area contributed by atoms with Gasteiger partial charge in [-0.3, -0.25) is 4.68 Å². The lowest BCUT2D eigenvalue weighted by Gasteiger charge is -2.35. The van der Waals surface area contributed by atoms with Gasteiger partial charge in [-0.25, -0.2) is 14.4 Å². The van der Waals surface area contributed by atoms with E-state index in [1.807, 2.05) is 17.7 Å². The van der Waals surface area contributed by atoms with Crippen molar-refractivity contribution in [2.45, 2.75) is 64.0 Å². The second kappa shape index (κ2) is 9.19. The maximum absolute atomic E-state index is 14.0. The number of nitrogens with one attached hydrogen (secondary N) is 1. The van der Waals surface area contributed by atoms with Gasteiger partial charge in [0.1, 0.15) is 23.9 Å². The minimum Gasteiger partial charge on any atom is -0.390 e. The molecule has 1 unspecified atom stereocenters. The average Bonchev–Trinajstić information content (AvgIpc) is 3.38. The summed E-state index contributed by atoms with van der Waals surface area (Å²) < 4.78 is 16.0. The zero-order chi connectivity index (χ0) is 24.7. The molecule has 3 N–H and O–H groups in total. The molecule has 2 fully saturated rings. The van der Waals surface area contributed by atoms with E-state index >= 15 is 0 Å². The van der Waals surface area contributed by atoms with Crippen LogP contribution in [0.1, 0.15) is 46.1 Å². The molecule has 10 nitrogen and oxygen atoms in total. The molecule has 0 aliphatic carbocycles. The van der Waals surface area contributed by atoms with Gasteiger partial charge < -0.3 is 25.3 Å². The number of fused-ring (bicyclic) bond motifs is 1. The van der Waals surface area contributed by atoms with Crippen LogP contribution in [0.15, 0.2) is 24.5 Å². The van der Waals surface area contributed by atoms with E-state index in [4.69, 9.17) is 5.10 Å². The van der Waals surface area contributed by atoms with Crippen LogP contribution in [-0.4, -0.2) is 79.0 Å². The first-order valence-electron chi connectivity index (χ1n) is 12.3. The number of nitrogens with zero attached hydrogens (tertiary/aromatic N) is 7. The minimum absolute atomic E-state index is 0.115. The maximum Gasteiger partial charge on any atom is 0.227 e. The highest BCUT2D eigenvalue weighted by Gasteiger charge is 2.34. The first-order chi connectivity index (χ1) is 16.7. The third-order valence-corrected chi connectivity index (χ3v) is 7.12. The number of piperidine rings is 1. The number of alkyl halides is 1.